The van der Waals surface area contributed by atoms with Gasteiger partial charge in [-0.3, -0.25) is 0 Å². The van der Waals surface area contributed by atoms with Crippen molar-refractivity contribution in [2.24, 2.45) is 0 Å². The van der Waals surface area contributed by atoms with Crippen molar-refractivity contribution in [1.29, 1.82) is 0 Å². The number of halogens is 2. The largest absolute Gasteiger partial charge is 0.384 e. The van der Waals surface area contributed by atoms with Crippen LogP contribution < -0.4 is 0 Å². The van der Waals surface area contributed by atoms with Crippen LogP contribution >= 0.6 is 0 Å². The monoisotopic (exact) mass is 152 g/mol. The van der Waals surface area contributed by atoms with E-state index in [1.807, 2.05) is 0 Å². The Hall–Kier alpha value is -0.220. The first-order valence-electron chi connectivity index (χ1n) is 3.06. The molecule has 0 aromatic heterocycles. The number of hydrogen-bond acceptors (Lipinski definition) is 2. The van der Waals surface area contributed by atoms with Gasteiger partial charge >= 0.3 is 0 Å². The molecule has 0 saturated carbocycles. The van der Waals surface area contributed by atoms with Crippen LogP contribution in [0.25, 0.3) is 0 Å². The van der Waals surface area contributed by atoms with E-state index in [-0.39, 0.29) is 0 Å². The molecule has 2 nitrogen and oxygen atoms in total. The molecule has 1 saturated heterocycles. The normalized spacial score (nSPS) is 36.3. The predicted octanol–water partition coefficient (Wildman–Crippen LogP) is 0.791. The van der Waals surface area contributed by atoms with Gasteiger partial charge in [-0.15, -0.1) is 0 Å². The van der Waals surface area contributed by atoms with Crippen molar-refractivity contribution in [3.8, 4) is 0 Å². The topological polar surface area (TPSA) is 29.5 Å². The van der Waals surface area contributed by atoms with Gasteiger partial charge in [0.05, 0.1) is 5.60 Å². The highest BCUT2D eigenvalue weighted by molar-refractivity contribution is 4.95. The van der Waals surface area contributed by atoms with Crippen LogP contribution in [0.3, 0.4) is 0 Å². The Kier molecular flexibility index (Phi) is 1.49. The first-order chi connectivity index (χ1) is 4.36. The first-order valence-corrected chi connectivity index (χ1v) is 3.06. The van der Waals surface area contributed by atoms with Crippen LogP contribution in [-0.2, 0) is 4.74 Å². The van der Waals surface area contributed by atoms with Crippen molar-refractivity contribution in [3.05, 3.63) is 0 Å². The molecule has 0 aromatic carbocycles. The molecular formula is C6H10F2O2. The van der Waals surface area contributed by atoms with Crippen molar-refractivity contribution in [2.45, 2.75) is 31.5 Å². The molecule has 1 atom stereocenters. The fraction of sp³-hybridized carbons (Fsp3) is 1.00. The lowest BCUT2D eigenvalue weighted by molar-refractivity contribution is -0.0930. The van der Waals surface area contributed by atoms with E-state index in [0.29, 0.717) is 0 Å². The smallest absolute Gasteiger partial charge is 0.299 e. The summed E-state index contributed by atoms with van der Waals surface area (Å²) in [5.74, 6) is -3.08. The van der Waals surface area contributed by atoms with Gasteiger partial charge in [0, 0.05) is 0 Å². The van der Waals surface area contributed by atoms with Crippen molar-refractivity contribution >= 4 is 0 Å². The van der Waals surface area contributed by atoms with Crippen LogP contribution in [-0.4, -0.2) is 29.3 Å². The lowest BCUT2D eigenvalue weighted by atomic mass is 10.0. The first kappa shape index (κ1) is 7.88. The summed E-state index contributed by atoms with van der Waals surface area (Å²) in [5.41, 5.74) is -1.11. The van der Waals surface area contributed by atoms with Crippen molar-refractivity contribution < 1.29 is 18.6 Å². The Morgan fingerprint density at radius 1 is 1.50 bits per heavy atom. The summed E-state index contributed by atoms with van der Waals surface area (Å²) in [4.78, 5) is 0. The molecule has 4 heteroatoms. The van der Waals surface area contributed by atoms with Gasteiger partial charge in [0.2, 0.25) is 0 Å². The molecule has 0 aromatic rings. The van der Waals surface area contributed by atoms with Crippen LogP contribution in [0.4, 0.5) is 8.78 Å². The molecule has 1 fully saturated rings. The van der Waals surface area contributed by atoms with E-state index in [0.717, 1.165) is 0 Å². The van der Waals surface area contributed by atoms with Gasteiger partial charge in [0.1, 0.15) is 12.7 Å². The van der Waals surface area contributed by atoms with Gasteiger partial charge in [-0.05, 0) is 13.8 Å². The summed E-state index contributed by atoms with van der Waals surface area (Å²) in [6, 6.07) is 0. The second-order valence-electron chi connectivity index (χ2n) is 3.06. The summed E-state index contributed by atoms with van der Waals surface area (Å²) in [7, 11) is 0. The standard InChI is InChI=1S/C6H10F2O2/c1-5(2)4(9)6(7,8)3-10-5/h4,9H,3H2,1-2H3/t4-/m0/s1. The lowest BCUT2D eigenvalue weighted by Crippen LogP contribution is -2.41. The quantitative estimate of drug-likeness (QED) is 0.556. The molecule has 1 heterocycles. The zero-order chi connectivity index (χ0) is 7.99. The summed E-state index contributed by atoms with van der Waals surface area (Å²) in [6.45, 7) is 2.21. The Bertz CT molecular complexity index is 129. The zero-order valence-corrected chi connectivity index (χ0v) is 5.90. The van der Waals surface area contributed by atoms with Crippen molar-refractivity contribution in [1.82, 2.24) is 0 Å². The molecule has 10 heavy (non-hydrogen) atoms. The third kappa shape index (κ3) is 1.01. The van der Waals surface area contributed by atoms with E-state index < -0.39 is 24.2 Å². The molecule has 0 spiro atoms. The molecule has 0 unspecified atom stereocenters. The van der Waals surface area contributed by atoms with Gasteiger partial charge in [0.15, 0.2) is 0 Å². The highest BCUT2D eigenvalue weighted by atomic mass is 19.3. The SMILES string of the molecule is CC1(C)OCC(F)(F)[C@H]1O. The maximum atomic E-state index is 12.5. The van der Waals surface area contributed by atoms with Crippen LogP contribution in [0.15, 0.2) is 0 Å². The number of rotatable bonds is 0. The van der Waals surface area contributed by atoms with Crippen LogP contribution in [0.2, 0.25) is 0 Å². The summed E-state index contributed by atoms with van der Waals surface area (Å²) in [6.07, 6.45) is -1.68. The minimum absolute atomic E-state index is 0.679. The fourth-order valence-corrected chi connectivity index (χ4v) is 0.949. The predicted molar refractivity (Wildman–Crippen MR) is 31.0 cm³/mol. The van der Waals surface area contributed by atoms with E-state index in [1.165, 1.54) is 13.8 Å². The summed E-state index contributed by atoms with van der Waals surface area (Å²) >= 11 is 0. The van der Waals surface area contributed by atoms with Gasteiger partial charge < -0.3 is 9.84 Å². The molecule has 0 amide bonds. The van der Waals surface area contributed by atoms with Crippen molar-refractivity contribution in [3.63, 3.8) is 0 Å². The Morgan fingerprint density at radius 3 is 2.10 bits per heavy atom. The van der Waals surface area contributed by atoms with Gasteiger partial charge in [0.25, 0.3) is 5.92 Å². The molecule has 1 N–H and O–H groups in total. The molecule has 60 valence electrons. The number of hydrogen-bond donors (Lipinski definition) is 1. The van der Waals surface area contributed by atoms with Crippen LogP contribution in [0, 0.1) is 0 Å². The molecule has 1 aliphatic rings. The van der Waals surface area contributed by atoms with Gasteiger partial charge in [-0.2, -0.15) is 0 Å². The third-order valence-corrected chi connectivity index (χ3v) is 1.70. The molecule has 0 aliphatic carbocycles. The van der Waals surface area contributed by atoms with E-state index in [2.05, 4.69) is 4.74 Å². The number of aliphatic hydroxyl groups excluding tert-OH is 1. The Balaban J connectivity index is 2.77. The van der Waals surface area contributed by atoms with E-state index in [4.69, 9.17) is 5.11 Å². The van der Waals surface area contributed by atoms with E-state index >= 15 is 0 Å². The number of aliphatic hydroxyl groups is 1. The average molecular weight is 152 g/mol. The molecular weight excluding hydrogens is 142 g/mol. The van der Waals surface area contributed by atoms with E-state index in [9.17, 15) is 8.78 Å². The Labute approximate surface area is 57.8 Å². The zero-order valence-electron chi connectivity index (χ0n) is 5.90. The Morgan fingerprint density at radius 2 is 2.00 bits per heavy atom. The second kappa shape index (κ2) is 1.89. The van der Waals surface area contributed by atoms with Gasteiger partial charge in [-0.1, -0.05) is 0 Å². The molecule has 0 bridgehead atoms. The van der Waals surface area contributed by atoms with Crippen LogP contribution in [0.1, 0.15) is 13.8 Å². The average Bonchev–Trinajstić information content (AvgIpc) is 1.95. The van der Waals surface area contributed by atoms with Crippen LogP contribution in [0.5, 0.6) is 0 Å². The fourth-order valence-electron chi connectivity index (χ4n) is 0.949. The number of alkyl halides is 2. The highest BCUT2D eigenvalue weighted by Crippen LogP contribution is 2.36. The number of ether oxygens (including phenoxy) is 1. The van der Waals surface area contributed by atoms with Crippen molar-refractivity contribution in [2.75, 3.05) is 6.61 Å². The molecule has 0 radical (unpaired) electrons. The maximum Gasteiger partial charge on any atom is 0.299 e. The second-order valence-corrected chi connectivity index (χ2v) is 3.06. The highest BCUT2D eigenvalue weighted by Gasteiger charge is 2.55. The molecule has 1 aliphatic heterocycles. The van der Waals surface area contributed by atoms with Gasteiger partial charge in [-0.25, -0.2) is 8.78 Å². The maximum absolute atomic E-state index is 12.5. The summed E-state index contributed by atoms with van der Waals surface area (Å²) in [5, 5.41) is 8.91. The third-order valence-electron chi connectivity index (χ3n) is 1.70. The summed E-state index contributed by atoms with van der Waals surface area (Å²) < 4.78 is 29.6. The minimum atomic E-state index is -3.08. The molecule has 1 rings (SSSR count). The lowest BCUT2D eigenvalue weighted by Gasteiger charge is -2.22. The minimum Gasteiger partial charge on any atom is -0.384 e. The van der Waals surface area contributed by atoms with E-state index in [1.54, 1.807) is 0 Å².